The highest BCUT2D eigenvalue weighted by Gasteiger charge is 2.50. The normalized spacial score (nSPS) is 22.9. The SMILES string of the molecule is CC(=O)c1ccc(N(C=O)C=O)cc1.O=c1[nH]c2c(s1)C[C@H]1[C@@H]3CC[C@@H](C3)[C@H]1S2.c1ccccc1. The summed E-state index contributed by atoms with van der Waals surface area (Å²) in [6.07, 6.45) is 6.34. The lowest BCUT2D eigenvalue weighted by molar-refractivity contribution is -0.113. The highest BCUT2D eigenvalue weighted by atomic mass is 32.2. The first-order valence-electron chi connectivity index (χ1n) is 11.7. The number of aromatic nitrogens is 1. The standard InChI is InChI=1S/C11H13NOS2.C10H9NO3.C6H6/c13-11-12-10-8(14-11)4-7-5-1-2-6(3-5)9(7)15-10;1-8(14)9-2-4-10(5-3-9)11(6-12)7-13;1-2-4-6-5-3-1/h5-7,9H,1-4H2,(H,12,13);2-7H,1H3;1-6H/t5-,6+,7+,9-;;/m1../s1. The van der Waals surface area contributed by atoms with Crippen LogP contribution < -0.4 is 9.77 Å². The predicted molar refractivity (Wildman–Crippen MR) is 140 cm³/mol. The van der Waals surface area contributed by atoms with Crippen LogP contribution in [0, 0.1) is 17.8 Å². The molecule has 2 fully saturated rings. The number of Topliss-reactive ketones (excluding diaryl/α,β-unsaturated/α-hetero) is 1. The first-order chi connectivity index (χ1) is 17.0. The van der Waals surface area contributed by atoms with Crippen LogP contribution >= 0.6 is 23.1 Å². The van der Waals surface area contributed by atoms with Crippen LogP contribution in [0.4, 0.5) is 5.69 Å². The van der Waals surface area contributed by atoms with Gasteiger partial charge >= 0.3 is 4.87 Å². The van der Waals surface area contributed by atoms with Crippen molar-refractivity contribution < 1.29 is 14.4 Å². The first kappa shape index (κ1) is 25.1. The third-order valence-electron chi connectivity index (χ3n) is 6.83. The van der Waals surface area contributed by atoms with Gasteiger partial charge in [-0.1, -0.05) is 47.7 Å². The van der Waals surface area contributed by atoms with E-state index in [1.54, 1.807) is 24.3 Å². The summed E-state index contributed by atoms with van der Waals surface area (Å²) < 4.78 is 0. The fourth-order valence-corrected chi connectivity index (χ4v) is 7.85. The third kappa shape index (κ3) is 6.00. The molecule has 0 saturated heterocycles. The maximum Gasteiger partial charge on any atom is 0.305 e. The van der Waals surface area contributed by atoms with Gasteiger partial charge in [-0.25, -0.2) is 0 Å². The van der Waals surface area contributed by atoms with Crippen molar-refractivity contribution >= 4 is 47.4 Å². The van der Waals surface area contributed by atoms with Gasteiger partial charge in [0.1, 0.15) is 0 Å². The Morgan fingerprint density at radius 2 is 1.57 bits per heavy atom. The number of nitrogens with one attached hydrogen (secondary N) is 1. The van der Waals surface area contributed by atoms with Gasteiger partial charge in [0.25, 0.3) is 0 Å². The predicted octanol–water partition coefficient (Wildman–Crippen LogP) is 5.19. The fourth-order valence-electron chi connectivity index (χ4n) is 5.15. The van der Waals surface area contributed by atoms with Gasteiger partial charge in [-0.3, -0.25) is 24.1 Å². The number of rotatable bonds is 4. The maximum absolute atomic E-state index is 11.3. The summed E-state index contributed by atoms with van der Waals surface area (Å²) in [5.41, 5.74) is 0.991. The second-order valence-corrected chi connectivity index (χ2v) is 11.2. The molecule has 0 unspecified atom stereocenters. The summed E-state index contributed by atoms with van der Waals surface area (Å²) in [5.74, 6) is 2.74. The van der Waals surface area contributed by atoms with Gasteiger partial charge in [0, 0.05) is 15.7 Å². The van der Waals surface area contributed by atoms with Gasteiger partial charge in [0.2, 0.25) is 12.8 Å². The second kappa shape index (κ2) is 11.6. The number of aromatic amines is 1. The van der Waals surface area contributed by atoms with Crippen LogP contribution in [0.1, 0.15) is 41.4 Å². The summed E-state index contributed by atoms with van der Waals surface area (Å²) in [5, 5.41) is 2.01. The minimum atomic E-state index is -0.0553. The molecule has 1 aliphatic heterocycles. The lowest BCUT2D eigenvalue weighted by Gasteiger charge is -2.33. The number of nitrogens with zero attached hydrogens (tertiary/aromatic N) is 1. The molecule has 2 heterocycles. The third-order valence-corrected chi connectivity index (χ3v) is 9.46. The molecule has 0 spiro atoms. The van der Waals surface area contributed by atoms with Crippen molar-refractivity contribution in [2.24, 2.45) is 17.8 Å². The minimum Gasteiger partial charge on any atom is -0.307 e. The summed E-state index contributed by atoms with van der Waals surface area (Å²) in [6.45, 7) is 1.45. The molecule has 6 nitrogen and oxygen atoms in total. The number of carbonyl (C=O) groups excluding carboxylic acids is 3. The van der Waals surface area contributed by atoms with Crippen LogP contribution in [0.15, 0.2) is 70.5 Å². The molecule has 4 atom stereocenters. The number of anilines is 1. The van der Waals surface area contributed by atoms with Crippen molar-refractivity contribution in [3.05, 3.63) is 80.8 Å². The second-order valence-electron chi connectivity index (χ2n) is 8.93. The number of thiazole rings is 1. The van der Waals surface area contributed by atoms with E-state index in [2.05, 4.69) is 4.98 Å². The van der Waals surface area contributed by atoms with Gasteiger partial charge in [0.15, 0.2) is 5.78 Å². The molecule has 2 bridgehead atoms. The van der Waals surface area contributed by atoms with E-state index in [0.29, 0.717) is 24.1 Å². The minimum absolute atomic E-state index is 0.0553. The van der Waals surface area contributed by atoms with Crippen molar-refractivity contribution in [1.82, 2.24) is 4.98 Å². The van der Waals surface area contributed by atoms with Crippen LogP contribution in [0.2, 0.25) is 0 Å². The summed E-state index contributed by atoms with van der Waals surface area (Å²) in [4.78, 5) is 48.3. The topological polar surface area (TPSA) is 87.3 Å². The van der Waals surface area contributed by atoms with Gasteiger partial charge in [-0.15, -0.1) is 11.8 Å². The maximum atomic E-state index is 11.3. The Labute approximate surface area is 212 Å². The molecule has 182 valence electrons. The van der Waals surface area contributed by atoms with E-state index >= 15 is 0 Å². The Bertz CT molecular complexity index is 1130. The van der Waals surface area contributed by atoms with Crippen LogP contribution in [0.3, 0.4) is 0 Å². The van der Waals surface area contributed by atoms with E-state index in [1.807, 2.05) is 48.2 Å². The molecule has 1 aromatic heterocycles. The zero-order chi connectivity index (χ0) is 24.8. The molecular formula is C27H28N2O4S2. The van der Waals surface area contributed by atoms with Crippen molar-refractivity contribution in [3.8, 4) is 0 Å². The summed E-state index contributed by atoms with van der Waals surface area (Å²) in [7, 11) is 0. The summed E-state index contributed by atoms with van der Waals surface area (Å²) >= 11 is 3.40. The van der Waals surface area contributed by atoms with Crippen molar-refractivity contribution in [2.75, 3.05) is 4.90 Å². The largest absolute Gasteiger partial charge is 0.307 e. The van der Waals surface area contributed by atoms with E-state index in [4.69, 9.17) is 0 Å². The van der Waals surface area contributed by atoms with E-state index < -0.39 is 0 Å². The number of imide groups is 1. The number of fused-ring (bicyclic) bond motifs is 6. The fraction of sp³-hybridized carbons (Fsp3) is 0.333. The molecule has 1 N–H and O–H groups in total. The van der Waals surface area contributed by atoms with Crippen LogP contribution in [-0.4, -0.2) is 28.8 Å². The highest BCUT2D eigenvalue weighted by molar-refractivity contribution is 8.00. The van der Waals surface area contributed by atoms with E-state index in [1.165, 1.54) is 53.8 Å². The molecule has 2 saturated carbocycles. The molecule has 3 aromatic rings. The average Bonchev–Trinajstić information content (AvgIpc) is 3.60. The number of ketones is 1. The van der Waals surface area contributed by atoms with Crippen molar-refractivity contribution in [1.29, 1.82) is 0 Å². The number of thioether (sulfide) groups is 1. The zero-order valence-electron chi connectivity index (χ0n) is 19.5. The van der Waals surface area contributed by atoms with Gasteiger partial charge in [-0.05, 0) is 74.6 Å². The monoisotopic (exact) mass is 508 g/mol. The van der Waals surface area contributed by atoms with E-state index in [9.17, 15) is 19.2 Å². The number of hydrogen-bond acceptors (Lipinski definition) is 6. The van der Waals surface area contributed by atoms with E-state index in [-0.39, 0.29) is 10.7 Å². The van der Waals surface area contributed by atoms with Crippen LogP contribution in [0.25, 0.3) is 0 Å². The summed E-state index contributed by atoms with van der Waals surface area (Å²) in [6, 6.07) is 18.2. The Morgan fingerprint density at radius 1 is 0.971 bits per heavy atom. The molecule has 2 aliphatic carbocycles. The molecule has 0 radical (unpaired) electrons. The first-order valence-corrected chi connectivity index (χ1v) is 13.4. The quantitative estimate of drug-likeness (QED) is 0.387. The van der Waals surface area contributed by atoms with Crippen molar-refractivity contribution in [3.63, 3.8) is 0 Å². The molecule has 8 heteroatoms. The van der Waals surface area contributed by atoms with Crippen molar-refractivity contribution in [2.45, 2.75) is 42.9 Å². The Morgan fingerprint density at radius 3 is 2.14 bits per heavy atom. The van der Waals surface area contributed by atoms with Gasteiger partial charge < -0.3 is 4.98 Å². The molecular weight excluding hydrogens is 480 g/mol. The number of amides is 2. The smallest absolute Gasteiger partial charge is 0.305 e. The lowest BCUT2D eigenvalue weighted by Crippen LogP contribution is -2.29. The average molecular weight is 509 g/mol. The zero-order valence-corrected chi connectivity index (χ0v) is 21.1. The molecule has 2 aromatic carbocycles. The Kier molecular flexibility index (Phi) is 8.36. The number of H-pyrrole nitrogens is 1. The van der Waals surface area contributed by atoms with Gasteiger partial charge in [0.05, 0.1) is 10.7 Å². The van der Waals surface area contributed by atoms with Gasteiger partial charge in [-0.2, -0.15) is 0 Å². The molecule has 2 amide bonds. The Hall–Kier alpha value is -2.97. The van der Waals surface area contributed by atoms with E-state index in [0.717, 1.165) is 27.9 Å². The highest BCUT2D eigenvalue weighted by Crippen LogP contribution is 2.58. The Balaban J connectivity index is 0.000000135. The molecule has 3 aliphatic rings. The molecule has 6 rings (SSSR count). The number of benzene rings is 2. The number of hydrogen-bond donors (Lipinski definition) is 1. The lowest BCUT2D eigenvalue weighted by atomic mass is 9.85. The van der Waals surface area contributed by atoms with Crippen LogP contribution in [0.5, 0.6) is 0 Å². The van der Waals surface area contributed by atoms with Crippen LogP contribution in [-0.2, 0) is 16.0 Å². The molecule has 35 heavy (non-hydrogen) atoms. The number of carbonyl (C=O) groups is 3.